The third-order valence-corrected chi connectivity index (χ3v) is 2.17. The molecule has 0 amide bonds. The number of ether oxygens (including phenoxy) is 1. The van der Waals surface area contributed by atoms with Crippen molar-refractivity contribution in [1.82, 2.24) is 0 Å². The molecular formula is C11H19NO2. The molecule has 1 rings (SSSR count). The van der Waals surface area contributed by atoms with Gasteiger partial charge in [0.25, 0.3) is 0 Å². The van der Waals surface area contributed by atoms with Gasteiger partial charge in [-0.1, -0.05) is 19.8 Å². The summed E-state index contributed by atoms with van der Waals surface area (Å²) in [6.45, 7) is 4.07. The molecule has 0 atom stereocenters. The van der Waals surface area contributed by atoms with E-state index in [9.17, 15) is 0 Å². The van der Waals surface area contributed by atoms with Crippen LogP contribution in [0, 0.1) is 0 Å². The van der Waals surface area contributed by atoms with Crippen LogP contribution in [0.25, 0.3) is 0 Å². The SMILES string of the molecule is CCCCCOCc1ccoc1CN. The van der Waals surface area contributed by atoms with Crippen LogP contribution in [-0.4, -0.2) is 6.61 Å². The Kier molecular flexibility index (Phi) is 5.33. The van der Waals surface area contributed by atoms with Crippen molar-refractivity contribution in [2.45, 2.75) is 39.3 Å². The Bertz CT molecular complexity index is 245. The quantitative estimate of drug-likeness (QED) is 0.683. The highest BCUT2D eigenvalue weighted by Crippen LogP contribution is 2.11. The van der Waals surface area contributed by atoms with E-state index in [2.05, 4.69) is 6.92 Å². The van der Waals surface area contributed by atoms with Crippen LogP contribution >= 0.6 is 0 Å². The number of hydrogen-bond acceptors (Lipinski definition) is 3. The Balaban J connectivity index is 2.17. The minimum absolute atomic E-state index is 0.445. The van der Waals surface area contributed by atoms with Gasteiger partial charge in [0.15, 0.2) is 0 Å². The lowest BCUT2D eigenvalue weighted by molar-refractivity contribution is 0.116. The standard InChI is InChI=1S/C11H19NO2/c1-2-3-4-6-13-9-10-5-7-14-11(10)8-12/h5,7H,2-4,6,8-9,12H2,1H3. The summed E-state index contributed by atoms with van der Waals surface area (Å²) < 4.78 is 10.7. The second-order valence-corrected chi connectivity index (χ2v) is 3.33. The largest absolute Gasteiger partial charge is 0.468 e. The van der Waals surface area contributed by atoms with Crippen molar-refractivity contribution in [3.8, 4) is 0 Å². The molecule has 3 nitrogen and oxygen atoms in total. The molecular weight excluding hydrogens is 178 g/mol. The smallest absolute Gasteiger partial charge is 0.122 e. The van der Waals surface area contributed by atoms with Crippen molar-refractivity contribution in [3.05, 3.63) is 23.7 Å². The van der Waals surface area contributed by atoms with E-state index in [1.807, 2.05) is 6.07 Å². The Labute approximate surface area is 85.2 Å². The van der Waals surface area contributed by atoms with E-state index in [1.54, 1.807) is 6.26 Å². The van der Waals surface area contributed by atoms with Gasteiger partial charge >= 0.3 is 0 Å². The van der Waals surface area contributed by atoms with Gasteiger partial charge in [-0.05, 0) is 12.5 Å². The molecule has 0 saturated carbocycles. The molecule has 0 aliphatic carbocycles. The second-order valence-electron chi connectivity index (χ2n) is 3.33. The lowest BCUT2D eigenvalue weighted by Crippen LogP contribution is -2.01. The third-order valence-electron chi connectivity index (χ3n) is 2.17. The normalized spacial score (nSPS) is 10.7. The first-order chi connectivity index (χ1) is 6.88. The molecule has 0 aliphatic rings. The van der Waals surface area contributed by atoms with Gasteiger partial charge in [0, 0.05) is 12.2 Å². The molecule has 80 valence electrons. The molecule has 0 bridgehead atoms. The van der Waals surface area contributed by atoms with Gasteiger partial charge < -0.3 is 14.9 Å². The van der Waals surface area contributed by atoms with Gasteiger partial charge in [0.05, 0.1) is 19.4 Å². The molecule has 0 unspecified atom stereocenters. The topological polar surface area (TPSA) is 48.4 Å². The van der Waals surface area contributed by atoms with Gasteiger partial charge in [-0.15, -0.1) is 0 Å². The van der Waals surface area contributed by atoms with Crippen LogP contribution in [0.1, 0.15) is 37.5 Å². The van der Waals surface area contributed by atoms with Crippen LogP contribution in [0.15, 0.2) is 16.7 Å². The number of nitrogens with two attached hydrogens (primary N) is 1. The van der Waals surface area contributed by atoms with Crippen LogP contribution in [0.2, 0.25) is 0 Å². The zero-order valence-corrected chi connectivity index (χ0v) is 8.79. The zero-order valence-electron chi connectivity index (χ0n) is 8.79. The van der Waals surface area contributed by atoms with Crippen molar-refractivity contribution in [2.75, 3.05) is 6.61 Å². The molecule has 1 aromatic heterocycles. The van der Waals surface area contributed by atoms with Gasteiger partial charge in [0.2, 0.25) is 0 Å². The lowest BCUT2D eigenvalue weighted by atomic mass is 10.2. The molecule has 2 N–H and O–H groups in total. The highest BCUT2D eigenvalue weighted by atomic mass is 16.5. The van der Waals surface area contributed by atoms with E-state index in [4.69, 9.17) is 14.9 Å². The highest BCUT2D eigenvalue weighted by molar-refractivity contribution is 5.15. The van der Waals surface area contributed by atoms with Crippen LogP contribution in [0.5, 0.6) is 0 Å². The van der Waals surface area contributed by atoms with Crippen LogP contribution in [0.3, 0.4) is 0 Å². The number of furan rings is 1. The van der Waals surface area contributed by atoms with Crippen molar-refractivity contribution < 1.29 is 9.15 Å². The fraction of sp³-hybridized carbons (Fsp3) is 0.636. The van der Waals surface area contributed by atoms with Crippen molar-refractivity contribution in [2.24, 2.45) is 5.73 Å². The summed E-state index contributed by atoms with van der Waals surface area (Å²) in [4.78, 5) is 0. The van der Waals surface area contributed by atoms with Gasteiger partial charge in [-0.25, -0.2) is 0 Å². The maximum atomic E-state index is 5.51. The van der Waals surface area contributed by atoms with Gasteiger partial charge in [-0.3, -0.25) is 0 Å². The predicted octanol–water partition coefficient (Wildman–Crippen LogP) is 2.45. The first-order valence-electron chi connectivity index (χ1n) is 5.21. The molecule has 0 aliphatic heterocycles. The molecule has 0 spiro atoms. The molecule has 0 radical (unpaired) electrons. The summed E-state index contributed by atoms with van der Waals surface area (Å²) in [5.74, 6) is 0.834. The fourth-order valence-corrected chi connectivity index (χ4v) is 1.31. The molecule has 0 saturated heterocycles. The van der Waals surface area contributed by atoms with Crippen LogP contribution in [0.4, 0.5) is 0 Å². The zero-order chi connectivity index (χ0) is 10.2. The first kappa shape index (κ1) is 11.3. The van der Waals surface area contributed by atoms with E-state index < -0.39 is 0 Å². The summed E-state index contributed by atoms with van der Waals surface area (Å²) in [7, 11) is 0. The Hall–Kier alpha value is -0.800. The number of rotatable bonds is 7. The maximum absolute atomic E-state index is 5.51. The fourth-order valence-electron chi connectivity index (χ4n) is 1.31. The molecule has 0 aromatic carbocycles. The van der Waals surface area contributed by atoms with Crippen LogP contribution in [-0.2, 0) is 17.9 Å². The van der Waals surface area contributed by atoms with E-state index in [-0.39, 0.29) is 0 Å². The summed E-state index contributed by atoms with van der Waals surface area (Å²) in [6, 6.07) is 1.92. The van der Waals surface area contributed by atoms with Crippen LogP contribution < -0.4 is 5.73 Å². The highest BCUT2D eigenvalue weighted by Gasteiger charge is 2.03. The van der Waals surface area contributed by atoms with Gasteiger partial charge in [0.1, 0.15) is 5.76 Å². The lowest BCUT2D eigenvalue weighted by Gasteiger charge is -2.02. The third kappa shape index (κ3) is 3.52. The Morgan fingerprint density at radius 2 is 2.29 bits per heavy atom. The summed E-state index contributed by atoms with van der Waals surface area (Å²) in [5, 5.41) is 0. The van der Waals surface area contributed by atoms with E-state index >= 15 is 0 Å². The maximum Gasteiger partial charge on any atom is 0.122 e. The summed E-state index contributed by atoms with van der Waals surface area (Å²) in [5.41, 5.74) is 6.57. The minimum atomic E-state index is 0.445. The van der Waals surface area contributed by atoms with Crippen molar-refractivity contribution in [1.29, 1.82) is 0 Å². The van der Waals surface area contributed by atoms with E-state index in [1.165, 1.54) is 12.8 Å². The Morgan fingerprint density at radius 3 is 3.00 bits per heavy atom. The molecule has 1 heterocycles. The van der Waals surface area contributed by atoms with Crippen molar-refractivity contribution >= 4 is 0 Å². The minimum Gasteiger partial charge on any atom is -0.468 e. The second kappa shape index (κ2) is 6.62. The monoisotopic (exact) mass is 197 g/mol. The van der Waals surface area contributed by atoms with Gasteiger partial charge in [-0.2, -0.15) is 0 Å². The molecule has 3 heteroatoms. The molecule has 1 aromatic rings. The average Bonchev–Trinajstić information content (AvgIpc) is 2.65. The Morgan fingerprint density at radius 1 is 1.43 bits per heavy atom. The first-order valence-corrected chi connectivity index (χ1v) is 5.21. The predicted molar refractivity (Wildman–Crippen MR) is 55.8 cm³/mol. The number of unbranched alkanes of at least 4 members (excludes halogenated alkanes) is 2. The average molecular weight is 197 g/mol. The summed E-state index contributed by atoms with van der Waals surface area (Å²) in [6.07, 6.45) is 5.25. The number of hydrogen-bond donors (Lipinski definition) is 1. The molecule has 14 heavy (non-hydrogen) atoms. The van der Waals surface area contributed by atoms with E-state index in [0.29, 0.717) is 13.2 Å². The summed E-state index contributed by atoms with van der Waals surface area (Å²) >= 11 is 0. The van der Waals surface area contributed by atoms with E-state index in [0.717, 1.165) is 24.4 Å². The van der Waals surface area contributed by atoms with Crippen molar-refractivity contribution in [3.63, 3.8) is 0 Å². The molecule has 0 fully saturated rings.